The molecule has 2 amide bonds. The van der Waals surface area contributed by atoms with Crippen LogP contribution in [0.4, 0.5) is 5.82 Å². The van der Waals surface area contributed by atoms with Crippen LogP contribution in [0.1, 0.15) is 31.1 Å². The lowest BCUT2D eigenvalue weighted by Gasteiger charge is -2.19. The lowest BCUT2D eigenvalue weighted by atomic mass is 10.0. The summed E-state index contributed by atoms with van der Waals surface area (Å²) in [6, 6.07) is 2.29. The van der Waals surface area contributed by atoms with Gasteiger partial charge in [0.05, 0.1) is 0 Å². The molecule has 0 spiro atoms. The molecule has 0 aromatic carbocycles. The minimum absolute atomic E-state index is 0.0954. The molecule has 7 heteroatoms. The molecule has 0 bridgehead atoms. The maximum absolute atomic E-state index is 12.1. The van der Waals surface area contributed by atoms with Gasteiger partial charge in [0.1, 0.15) is 17.0 Å². The molecule has 6 nitrogen and oxygen atoms in total. The van der Waals surface area contributed by atoms with Crippen molar-refractivity contribution in [3.63, 3.8) is 0 Å². The van der Waals surface area contributed by atoms with Crippen LogP contribution in [0.5, 0.6) is 0 Å². The molecular weight excluding hydrogens is 280 g/mol. The summed E-state index contributed by atoms with van der Waals surface area (Å²) in [6.07, 6.45) is 0. The van der Waals surface area contributed by atoms with Gasteiger partial charge in [0.15, 0.2) is 0 Å². The number of carbonyl (C=O) groups excluding carboxylic acids is 2. The van der Waals surface area contributed by atoms with E-state index in [0.29, 0.717) is 17.9 Å². The molecule has 0 aliphatic heterocycles. The van der Waals surface area contributed by atoms with E-state index in [-0.39, 0.29) is 11.1 Å². The first-order valence-electron chi connectivity index (χ1n) is 6.36. The predicted molar refractivity (Wildman–Crippen MR) is 78.7 cm³/mol. The van der Waals surface area contributed by atoms with Gasteiger partial charge in [0.2, 0.25) is 5.91 Å². The summed E-state index contributed by atoms with van der Waals surface area (Å²) < 4.78 is 0. The average Bonchev–Trinajstić information content (AvgIpc) is 2.34. The maximum atomic E-state index is 12.1. The Morgan fingerprint density at radius 1 is 1.40 bits per heavy atom. The Labute approximate surface area is 123 Å². The molecule has 1 aromatic heterocycles. The highest BCUT2D eigenvalue weighted by atomic mass is 35.5. The zero-order valence-corrected chi connectivity index (χ0v) is 12.5. The van der Waals surface area contributed by atoms with Gasteiger partial charge in [0, 0.05) is 12.1 Å². The first-order chi connectivity index (χ1) is 9.35. The Balaban J connectivity index is 2.94. The number of anilines is 1. The zero-order chi connectivity index (χ0) is 15.3. The Hall–Kier alpha value is -1.82. The largest absolute Gasteiger partial charge is 0.370 e. The molecule has 4 N–H and O–H groups in total. The number of hydrogen-bond donors (Lipinski definition) is 3. The van der Waals surface area contributed by atoms with Crippen LogP contribution in [-0.2, 0) is 4.79 Å². The monoisotopic (exact) mass is 298 g/mol. The molecule has 1 atom stereocenters. The number of rotatable bonds is 6. The number of nitrogens with two attached hydrogens (primary N) is 1. The number of aromatic nitrogens is 1. The predicted octanol–water partition coefficient (Wildman–Crippen LogP) is 1.41. The second-order valence-electron chi connectivity index (χ2n) is 4.69. The molecular formula is C13H19ClN4O2. The highest BCUT2D eigenvalue weighted by molar-refractivity contribution is 6.29. The van der Waals surface area contributed by atoms with Crippen LogP contribution in [0.25, 0.3) is 0 Å². The minimum atomic E-state index is -0.725. The smallest absolute Gasteiger partial charge is 0.252 e. The summed E-state index contributed by atoms with van der Waals surface area (Å²) in [4.78, 5) is 27.5. The molecule has 110 valence electrons. The minimum Gasteiger partial charge on any atom is -0.370 e. The second kappa shape index (κ2) is 7.09. The summed E-state index contributed by atoms with van der Waals surface area (Å²) in [5, 5.41) is 5.78. The van der Waals surface area contributed by atoms with Crippen LogP contribution in [0.15, 0.2) is 12.1 Å². The van der Waals surface area contributed by atoms with Gasteiger partial charge < -0.3 is 16.4 Å². The Morgan fingerprint density at radius 2 is 2.05 bits per heavy atom. The van der Waals surface area contributed by atoms with Gasteiger partial charge >= 0.3 is 0 Å². The molecule has 0 saturated heterocycles. The van der Waals surface area contributed by atoms with Crippen LogP contribution >= 0.6 is 11.6 Å². The Morgan fingerprint density at radius 3 is 2.55 bits per heavy atom. The normalized spacial score (nSPS) is 12.1. The molecule has 1 unspecified atom stereocenters. The molecule has 0 aliphatic carbocycles. The standard InChI is InChI=1S/C13H19ClN4O2/c1-4-16-10-6-8(5-9(14)17-10)13(20)18-11(7(2)3)12(15)19/h5-7,11H,4H2,1-3H3,(H2,15,19)(H,16,17)(H,18,20). The fourth-order valence-corrected chi connectivity index (χ4v) is 1.90. The van der Waals surface area contributed by atoms with Crippen molar-refractivity contribution in [2.75, 3.05) is 11.9 Å². The summed E-state index contributed by atoms with van der Waals surface area (Å²) in [5.41, 5.74) is 5.59. The van der Waals surface area contributed by atoms with Gasteiger partial charge in [-0.2, -0.15) is 0 Å². The summed E-state index contributed by atoms with van der Waals surface area (Å²) in [6.45, 7) is 6.17. The van der Waals surface area contributed by atoms with Gasteiger partial charge in [0.25, 0.3) is 5.91 Å². The first kappa shape index (κ1) is 16.2. The molecule has 1 aromatic rings. The number of hydrogen-bond acceptors (Lipinski definition) is 4. The van der Waals surface area contributed by atoms with Crippen LogP contribution in [0.3, 0.4) is 0 Å². The quantitative estimate of drug-likeness (QED) is 0.692. The highest BCUT2D eigenvalue weighted by Crippen LogP contribution is 2.15. The third-order valence-electron chi connectivity index (χ3n) is 2.67. The number of pyridine rings is 1. The van der Waals surface area contributed by atoms with Gasteiger partial charge in [-0.1, -0.05) is 25.4 Å². The van der Waals surface area contributed by atoms with E-state index in [0.717, 1.165) is 0 Å². The maximum Gasteiger partial charge on any atom is 0.252 e. The van der Waals surface area contributed by atoms with Crippen molar-refractivity contribution in [1.82, 2.24) is 10.3 Å². The first-order valence-corrected chi connectivity index (χ1v) is 6.74. The summed E-state index contributed by atoms with van der Waals surface area (Å²) in [5.74, 6) is -0.571. The van der Waals surface area contributed by atoms with Crippen molar-refractivity contribution >= 4 is 29.2 Å². The van der Waals surface area contributed by atoms with E-state index < -0.39 is 17.9 Å². The van der Waals surface area contributed by atoms with Crippen molar-refractivity contribution in [1.29, 1.82) is 0 Å². The zero-order valence-electron chi connectivity index (χ0n) is 11.7. The van der Waals surface area contributed by atoms with Crippen molar-refractivity contribution in [2.24, 2.45) is 11.7 Å². The van der Waals surface area contributed by atoms with E-state index in [2.05, 4.69) is 15.6 Å². The number of nitrogens with zero attached hydrogens (tertiary/aromatic N) is 1. The Kier molecular flexibility index (Phi) is 5.76. The van der Waals surface area contributed by atoms with Crippen LogP contribution in [-0.4, -0.2) is 29.4 Å². The molecule has 1 heterocycles. The third-order valence-corrected chi connectivity index (χ3v) is 2.87. The number of amides is 2. The van der Waals surface area contributed by atoms with Gasteiger partial charge in [-0.15, -0.1) is 0 Å². The van der Waals surface area contributed by atoms with Gasteiger partial charge in [-0.25, -0.2) is 4.98 Å². The average molecular weight is 299 g/mol. The molecule has 0 saturated carbocycles. The number of nitrogens with one attached hydrogen (secondary N) is 2. The van der Waals surface area contributed by atoms with Crippen molar-refractivity contribution in [3.05, 3.63) is 22.8 Å². The number of carbonyl (C=O) groups is 2. The molecule has 0 aliphatic rings. The van der Waals surface area contributed by atoms with Crippen LogP contribution < -0.4 is 16.4 Å². The van der Waals surface area contributed by atoms with E-state index in [1.807, 2.05) is 6.92 Å². The van der Waals surface area contributed by atoms with E-state index in [1.165, 1.54) is 6.07 Å². The third kappa shape index (κ3) is 4.38. The topological polar surface area (TPSA) is 97.1 Å². The lowest BCUT2D eigenvalue weighted by molar-refractivity contribution is -0.120. The van der Waals surface area contributed by atoms with Crippen LogP contribution in [0, 0.1) is 5.92 Å². The molecule has 0 radical (unpaired) electrons. The van der Waals surface area contributed by atoms with Crippen molar-refractivity contribution in [2.45, 2.75) is 26.8 Å². The van der Waals surface area contributed by atoms with Gasteiger partial charge in [-0.05, 0) is 25.0 Å². The SMILES string of the molecule is CCNc1cc(C(=O)NC(C(N)=O)C(C)C)cc(Cl)n1. The van der Waals surface area contributed by atoms with Gasteiger partial charge in [-0.3, -0.25) is 9.59 Å². The van der Waals surface area contributed by atoms with Crippen molar-refractivity contribution in [3.8, 4) is 0 Å². The molecule has 20 heavy (non-hydrogen) atoms. The number of halogens is 1. The molecule has 1 rings (SSSR count). The van der Waals surface area contributed by atoms with E-state index in [4.69, 9.17) is 17.3 Å². The van der Waals surface area contributed by atoms with E-state index >= 15 is 0 Å². The molecule has 0 fully saturated rings. The Bertz CT molecular complexity index is 505. The highest BCUT2D eigenvalue weighted by Gasteiger charge is 2.22. The number of primary amides is 1. The van der Waals surface area contributed by atoms with Crippen molar-refractivity contribution < 1.29 is 9.59 Å². The van der Waals surface area contributed by atoms with Crippen LogP contribution in [0.2, 0.25) is 5.15 Å². The summed E-state index contributed by atoms with van der Waals surface area (Å²) in [7, 11) is 0. The lowest BCUT2D eigenvalue weighted by Crippen LogP contribution is -2.47. The van der Waals surface area contributed by atoms with E-state index in [9.17, 15) is 9.59 Å². The van der Waals surface area contributed by atoms with E-state index in [1.54, 1.807) is 19.9 Å². The second-order valence-corrected chi connectivity index (χ2v) is 5.08. The fraction of sp³-hybridized carbons (Fsp3) is 0.462. The fourth-order valence-electron chi connectivity index (χ4n) is 1.69. The summed E-state index contributed by atoms with van der Waals surface area (Å²) >= 11 is 5.87.